The summed E-state index contributed by atoms with van der Waals surface area (Å²) in [6.45, 7) is 6.77. The average Bonchev–Trinajstić information content (AvgIpc) is 3.41. The third-order valence-corrected chi connectivity index (χ3v) is 10.5. The molecule has 266 valence electrons. The molecule has 6 aromatic rings. The van der Waals surface area contributed by atoms with E-state index in [1.54, 1.807) is 53.4 Å². The molecule has 1 aromatic heterocycles. The largest absolute Gasteiger partial charge is 0.872 e. The molecule has 5 aromatic carbocycles. The zero-order valence-corrected chi connectivity index (χ0v) is 29.4. The summed E-state index contributed by atoms with van der Waals surface area (Å²) < 4.78 is 2.50. The number of nitrogens with one attached hydrogen (secondary N) is 3. The van der Waals surface area contributed by atoms with Gasteiger partial charge in [0.25, 0.3) is 5.84 Å². The fourth-order valence-corrected chi connectivity index (χ4v) is 7.76. The zero-order valence-electron chi connectivity index (χ0n) is 28.6. The van der Waals surface area contributed by atoms with Crippen LogP contribution in [-0.2, 0) is 6.42 Å². The van der Waals surface area contributed by atoms with E-state index in [-0.39, 0.29) is 34.2 Å². The second-order valence-electron chi connectivity index (χ2n) is 12.9. The quantitative estimate of drug-likeness (QED) is 0.145. The van der Waals surface area contributed by atoms with Gasteiger partial charge in [-0.25, -0.2) is 19.5 Å². The van der Waals surface area contributed by atoms with Gasteiger partial charge in [-0.1, -0.05) is 66.4 Å². The van der Waals surface area contributed by atoms with Crippen LogP contribution in [0.2, 0.25) is 0 Å². The maximum absolute atomic E-state index is 12.9. The lowest BCUT2D eigenvalue weighted by atomic mass is 9.90. The number of phenols is 1. The number of nitrogens with zero attached hydrogens (tertiary/aromatic N) is 1. The number of hydrogen-bond acceptors (Lipinski definition) is 6. The monoisotopic (exact) mass is 719 g/mol. The van der Waals surface area contributed by atoms with Crippen LogP contribution in [0, 0.1) is 6.92 Å². The Kier molecular flexibility index (Phi) is 10.2. The van der Waals surface area contributed by atoms with Crippen molar-refractivity contribution in [3.05, 3.63) is 124 Å². The standard InChI is InChI=1S/C23H16O6.C17H20N4S.H2O/c24-20-16(14-7-3-1-5-12(14)9-18(20)22(26)27)11-17-15-8-4-2-6-13(15)10-19(21(17)25)23(28)29;1-12-11-13-16(21-9-7-20(2)8-10-21)18-14-5-3-4-6-15(14)19-17(13)22-12;/h1-10,24-25H,11H2,(H,26,27)(H,28,29);3-6,11H,7-10H2,1-2H3,(H,18,19);1H2/p+1. The van der Waals surface area contributed by atoms with Gasteiger partial charge in [-0.2, -0.15) is 0 Å². The van der Waals surface area contributed by atoms with Gasteiger partial charge in [0.2, 0.25) is 0 Å². The highest BCUT2D eigenvalue weighted by Crippen LogP contribution is 2.39. The molecule has 1 fully saturated rings. The van der Waals surface area contributed by atoms with E-state index in [1.165, 1.54) is 46.5 Å². The number of thiophene rings is 1. The Morgan fingerprint density at radius 2 is 1.35 bits per heavy atom. The first kappa shape index (κ1) is 35.9. The van der Waals surface area contributed by atoms with E-state index in [4.69, 9.17) is 0 Å². The molecule has 3 heterocycles. The number of aromatic carboxylic acids is 2. The lowest BCUT2D eigenvalue weighted by Crippen LogP contribution is -3.11. The Balaban J connectivity index is 0.000000181. The summed E-state index contributed by atoms with van der Waals surface area (Å²) in [6.07, 6.45) is -0.103. The van der Waals surface area contributed by atoms with Crippen molar-refractivity contribution in [3.8, 4) is 11.5 Å². The van der Waals surface area contributed by atoms with Crippen LogP contribution >= 0.6 is 11.3 Å². The molecular formula is C40H39N4O7S+. The van der Waals surface area contributed by atoms with Gasteiger partial charge in [0, 0.05) is 16.9 Å². The van der Waals surface area contributed by atoms with Gasteiger partial charge >= 0.3 is 11.9 Å². The number of anilines is 3. The van der Waals surface area contributed by atoms with E-state index < -0.39 is 23.4 Å². The summed E-state index contributed by atoms with van der Waals surface area (Å²) in [5.74, 6) is -2.46. The minimum atomic E-state index is -1.34. The molecular weight excluding hydrogens is 681 g/mol. The molecule has 0 spiro atoms. The van der Waals surface area contributed by atoms with Gasteiger partial charge in [0.15, 0.2) is 0 Å². The maximum Gasteiger partial charge on any atom is 0.339 e. The first-order chi connectivity index (χ1) is 24.6. The van der Waals surface area contributed by atoms with Gasteiger partial charge in [-0.15, -0.1) is 11.3 Å². The van der Waals surface area contributed by atoms with Crippen LogP contribution in [0.3, 0.4) is 0 Å². The molecule has 2 aliphatic rings. The van der Waals surface area contributed by atoms with Crippen LogP contribution in [0.1, 0.15) is 42.3 Å². The number of carbonyl (C=O) groups is 2. The number of fused-ring (bicyclic) bond motifs is 4. The number of amidine groups is 1. The lowest BCUT2D eigenvalue weighted by molar-refractivity contribution is -0.914. The highest BCUT2D eigenvalue weighted by Gasteiger charge is 2.29. The fourth-order valence-electron chi connectivity index (χ4n) is 6.83. The summed E-state index contributed by atoms with van der Waals surface area (Å²) >= 11 is 1.83. The summed E-state index contributed by atoms with van der Waals surface area (Å²) in [6, 6.07) is 27.3. The smallest absolute Gasteiger partial charge is 0.339 e. The molecule has 1 saturated heterocycles. The molecule has 0 saturated carbocycles. The number of rotatable bonds is 4. The molecule has 11 nitrogen and oxygen atoms in total. The highest BCUT2D eigenvalue weighted by atomic mass is 32.1. The SMILES string of the molecule is Cc1cc2c(s1)Nc1ccccc1NC2=[N+]1CC[NH+](C)CC1.O.O=C(O)c1cc2ccccc2c(Cc2c(O)c(C(=O)O)cc3ccccc23)c1[O-]. The molecule has 52 heavy (non-hydrogen) atoms. The minimum absolute atomic E-state index is 0. The van der Waals surface area contributed by atoms with Gasteiger partial charge < -0.3 is 36.1 Å². The van der Waals surface area contributed by atoms with Crippen molar-refractivity contribution in [1.29, 1.82) is 0 Å². The Morgan fingerprint density at radius 3 is 1.96 bits per heavy atom. The number of quaternary nitrogens is 1. The van der Waals surface area contributed by atoms with Crippen LogP contribution in [0.25, 0.3) is 21.5 Å². The number of piperazine rings is 1. The molecule has 0 amide bonds. The van der Waals surface area contributed by atoms with E-state index in [0.717, 1.165) is 24.5 Å². The number of hydrogen-bond donors (Lipinski definition) is 6. The predicted molar refractivity (Wildman–Crippen MR) is 202 cm³/mol. The van der Waals surface area contributed by atoms with E-state index in [0.29, 0.717) is 21.5 Å². The Labute approximate surface area is 303 Å². The summed E-state index contributed by atoms with van der Waals surface area (Å²) in [5, 5.41) is 53.4. The number of aryl methyl sites for hydroxylation is 1. The van der Waals surface area contributed by atoms with Gasteiger partial charge in [-0.3, -0.25) is 0 Å². The molecule has 8 N–H and O–H groups in total. The molecule has 12 heteroatoms. The third-order valence-electron chi connectivity index (χ3n) is 9.52. The van der Waals surface area contributed by atoms with Crippen LogP contribution in [0.15, 0.2) is 91.0 Å². The topological polar surface area (TPSA) is 181 Å². The third kappa shape index (κ3) is 6.87. The number of benzene rings is 5. The number of para-hydroxylation sites is 2. The van der Waals surface area contributed by atoms with Crippen molar-refractivity contribution in [2.24, 2.45) is 0 Å². The van der Waals surface area contributed by atoms with E-state index in [9.17, 15) is 30.0 Å². The van der Waals surface area contributed by atoms with E-state index >= 15 is 0 Å². The second kappa shape index (κ2) is 14.7. The van der Waals surface area contributed by atoms with Gasteiger partial charge in [-0.05, 0) is 64.4 Å². The van der Waals surface area contributed by atoms with Crippen molar-refractivity contribution in [1.82, 2.24) is 0 Å². The summed E-state index contributed by atoms with van der Waals surface area (Å²) in [4.78, 5) is 26.1. The van der Waals surface area contributed by atoms with Crippen molar-refractivity contribution in [2.75, 3.05) is 43.9 Å². The molecule has 0 bridgehead atoms. The predicted octanol–water partition coefficient (Wildman–Crippen LogP) is 4.45. The molecule has 8 rings (SSSR count). The minimum Gasteiger partial charge on any atom is -0.872 e. The average molecular weight is 720 g/mol. The zero-order chi connectivity index (χ0) is 35.8. The van der Waals surface area contributed by atoms with Crippen molar-refractivity contribution in [2.45, 2.75) is 13.3 Å². The molecule has 2 aliphatic heterocycles. The number of carboxylic acid groups (broad SMARTS) is 2. The first-order valence-corrected chi connectivity index (χ1v) is 17.5. The molecule has 0 unspecified atom stereocenters. The summed E-state index contributed by atoms with van der Waals surface area (Å²) in [5.41, 5.74) is 3.44. The second-order valence-corrected chi connectivity index (χ2v) is 14.2. The lowest BCUT2D eigenvalue weighted by Gasteiger charge is -2.22. The Hall–Kier alpha value is -5.95. The van der Waals surface area contributed by atoms with Crippen molar-refractivity contribution >= 4 is 67.0 Å². The molecule has 0 radical (unpaired) electrons. The van der Waals surface area contributed by atoms with Crippen LogP contribution in [-0.4, -0.2) is 76.4 Å². The van der Waals surface area contributed by atoms with E-state index in [1.807, 2.05) is 11.3 Å². The number of aromatic hydroxyl groups is 1. The highest BCUT2D eigenvalue weighted by molar-refractivity contribution is 7.16. The first-order valence-electron chi connectivity index (χ1n) is 16.7. The van der Waals surface area contributed by atoms with Crippen molar-refractivity contribution in [3.63, 3.8) is 0 Å². The maximum atomic E-state index is 12.9. The molecule has 0 aliphatic carbocycles. The van der Waals surface area contributed by atoms with Crippen molar-refractivity contribution < 1.29 is 45.0 Å². The normalized spacial score (nSPS) is 14.8. The Morgan fingerprint density at radius 1 is 0.808 bits per heavy atom. The van der Waals surface area contributed by atoms with Crippen LogP contribution in [0.5, 0.6) is 11.5 Å². The van der Waals surface area contributed by atoms with Gasteiger partial charge in [0.1, 0.15) is 48.2 Å². The number of carboxylic acids is 2. The number of likely N-dealkylation sites (N-methyl/N-ethyl adjacent to an activating group) is 1. The van der Waals surface area contributed by atoms with Gasteiger partial charge in [0.05, 0.1) is 23.9 Å². The summed E-state index contributed by atoms with van der Waals surface area (Å²) in [7, 11) is 2.28. The van der Waals surface area contributed by atoms with Crippen LogP contribution in [0.4, 0.5) is 16.4 Å². The fraction of sp³-hybridized carbons (Fsp3) is 0.175. The van der Waals surface area contributed by atoms with Crippen LogP contribution < -0.4 is 20.6 Å². The molecule has 0 atom stereocenters. The Bertz CT molecular complexity index is 2270. The van der Waals surface area contributed by atoms with E-state index in [2.05, 4.69) is 59.5 Å².